The molecule has 0 aromatic carbocycles. The molecule has 3 heterocycles. The van der Waals surface area contributed by atoms with Gasteiger partial charge in [-0.3, -0.25) is 5.43 Å². The van der Waals surface area contributed by atoms with Gasteiger partial charge in [-0.2, -0.15) is 5.10 Å². The first-order valence-corrected chi connectivity index (χ1v) is 6.88. The molecule has 0 aliphatic carbocycles. The average Bonchev–Trinajstić information content (AvgIpc) is 2.95. The number of rotatable bonds is 3. The van der Waals surface area contributed by atoms with E-state index < -0.39 is 0 Å². The third kappa shape index (κ3) is 2.05. The van der Waals surface area contributed by atoms with Crippen LogP contribution in [-0.4, -0.2) is 30.2 Å². The number of hydrogen-bond donors (Lipinski definition) is 1. The first-order valence-electron chi connectivity index (χ1n) is 6.88. The summed E-state index contributed by atoms with van der Waals surface area (Å²) in [5.41, 5.74) is 4.58. The second-order valence-corrected chi connectivity index (χ2v) is 5.32. The summed E-state index contributed by atoms with van der Waals surface area (Å²) in [7, 11) is 0. The van der Waals surface area contributed by atoms with E-state index in [1.54, 1.807) is 0 Å². The zero-order valence-corrected chi connectivity index (χ0v) is 11.1. The highest BCUT2D eigenvalue weighted by atomic mass is 16.3. The van der Waals surface area contributed by atoms with Crippen molar-refractivity contribution in [1.82, 2.24) is 10.3 Å². The molecule has 4 heteroatoms. The van der Waals surface area contributed by atoms with Crippen LogP contribution in [0.1, 0.15) is 37.3 Å². The summed E-state index contributed by atoms with van der Waals surface area (Å²) in [4.78, 5) is 2.54. The summed E-state index contributed by atoms with van der Waals surface area (Å²) < 4.78 is 5.76. The maximum Gasteiger partial charge on any atom is 0.128 e. The van der Waals surface area contributed by atoms with Crippen LogP contribution in [0.2, 0.25) is 0 Å². The number of nitrogens with zero attached hydrogens (tertiary/aromatic N) is 2. The fraction of sp³-hybridized carbons (Fsp3) is 0.643. The number of furan rings is 1. The van der Waals surface area contributed by atoms with Crippen LogP contribution in [0.25, 0.3) is 0 Å². The van der Waals surface area contributed by atoms with E-state index in [9.17, 15) is 0 Å². The van der Waals surface area contributed by atoms with Crippen LogP contribution in [0, 0.1) is 12.8 Å². The van der Waals surface area contributed by atoms with Crippen molar-refractivity contribution in [3.05, 3.63) is 23.7 Å². The number of hydrazone groups is 1. The molecule has 1 saturated heterocycles. The highest BCUT2D eigenvalue weighted by molar-refractivity contribution is 5.89. The lowest BCUT2D eigenvalue weighted by Crippen LogP contribution is -2.42. The minimum Gasteiger partial charge on any atom is -0.464 e. The quantitative estimate of drug-likeness (QED) is 0.891. The zero-order valence-electron chi connectivity index (χ0n) is 11.1. The van der Waals surface area contributed by atoms with E-state index in [0.29, 0.717) is 5.92 Å². The van der Waals surface area contributed by atoms with Crippen LogP contribution in [0.5, 0.6) is 0 Å². The standard InChI is InChI=1S/C14H21N3O/c1-3-7-17-8-6-12-11(9-17)14(16-15-12)13-5-4-10(2)18-13/h4-5,11,14,16H,3,6-9H2,1-2H3. The van der Waals surface area contributed by atoms with E-state index in [1.807, 2.05) is 13.0 Å². The van der Waals surface area contributed by atoms with Crippen LogP contribution in [-0.2, 0) is 0 Å². The normalized spacial score (nSPS) is 27.8. The Bertz CT molecular complexity index is 452. The van der Waals surface area contributed by atoms with Gasteiger partial charge in [0, 0.05) is 31.1 Å². The van der Waals surface area contributed by atoms with Crippen LogP contribution in [0.15, 0.2) is 21.7 Å². The minimum absolute atomic E-state index is 0.230. The maximum atomic E-state index is 5.76. The van der Waals surface area contributed by atoms with Gasteiger partial charge in [0.1, 0.15) is 17.6 Å². The third-order valence-electron chi connectivity index (χ3n) is 3.92. The molecule has 98 valence electrons. The van der Waals surface area contributed by atoms with E-state index in [-0.39, 0.29) is 6.04 Å². The predicted molar refractivity (Wildman–Crippen MR) is 71.6 cm³/mol. The van der Waals surface area contributed by atoms with E-state index in [4.69, 9.17) is 4.42 Å². The molecule has 4 nitrogen and oxygen atoms in total. The van der Waals surface area contributed by atoms with E-state index in [0.717, 1.165) is 31.0 Å². The fourth-order valence-corrected chi connectivity index (χ4v) is 3.01. The Morgan fingerprint density at radius 3 is 3.11 bits per heavy atom. The molecule has 0 bridgehead atoms. The molecule has 0 saturated carbocycles. The van der Waals surface area contributed by atoms with Gasteiger partial charge < -0.3 is 9.32 Å². The van der Waals surface area contributed by atoms with Crippen molar-refractivity contribution in [2.45, 2.75) is 32.7 Å². The van der Waals surface area contributed by atoms with Crippen molar-refractivity contribution in [3.8, 4) is 0 Å². The van der Waals surface area contributed by atoms with Gasteiger partial charge in [-0.05, 0) is 32.0 Å². The molecule has 1 fully saturated rings. The highest BCUT2D eigenvalue weighted by Gasteiger charge is 2.38. The summed E-state index contributed by atoms with van der Waals surface area (Å²) in [5, 5.41) is 4.50. The number of fused-ring (bicyclic) bond motifs is 1. The van der Waals surface area contributed by atoms with Gasteiger partial charge in [0.2, 0.25) is 0 Å². The molecule has 0 amide bonds. The van der Waals surface area contributed by atoms with Crippen molar-refractivity contribution >= 4 is 5.71 Å². The lowest BCUT2D eigenvalue weighted by Gasteiger charge is -2.32. The summed E-state index contributed by atoms with van der Waals surface area (Å²) in [6, 6.07) is 4.33. The molecule has 2 atom stereocenters. The molecule has 1 aromatic heterocycles. The Morgan fingerprint density at radius 1 is 1.50 bits per heavy atom. The summed E-state index contributed by atoms with van der Waals surface area (Å²) >= 11 is 0. The SMILES string of the molecule is CCCN1CCC2=NNC(c3ccc(C)o3)C2C1. The predicted octanol–water partition coefficient (Wildman–Crippen LogP) is 2.32. The number of nitrogens with one attached hydrogen (secondary N) is 1. The van der Waals surface area contributed by atoms with Crippen LogP contribution < -0.4 is 5.43 Å². The van der Waals surface area contributed by atoms with Gasteiger partial charge in [-0.25, -0.2) is 0 Å². The molecule has 3 rings (SSSR count). The minimum atomic E-state index is 0.230. The lowest BCUT2D eigenvalue weighted by atomic mass is 9.89. The number of hydrogen-bond acceptors (Lipinski definition) is 4. The number of aryl methyl sites for hydroxylation is 1. The zero-order chi connectivity index (χ0) is 12.5. The van der Waals surface area contributed by atoms with Gasteiger partial charge in [-0.15, -0.1) is 0 Å². The molecule has 18 heavy (non-hydrogen) atoms. The molecule has 2 aliphatic rings. The van der Waals surface area contributed by atoms with Crippen molar-refractivity contribution in [2.24, 2.45) is 11.0 Å². The summed E-state index contributed by atoms with van der Waals surface area (Å²) in [6.07, 6.45) is 2.31. The Labute approximate surface area is 108 Å². The largest absolute Gasteiger partial charge is 0.464 e. The average molecular weight is 247 g/mol. The van der Waals surface area contributed by atoms with Crippen molar-refractivity contribution < 1.29 is 4.42 Å². The first-order chi connectivity index (χ1) is 8.78. The molecular weight excluding hydrogens is 226 g/mol. The molecule has 2 aliphatic heterocycles. The molecule has 1 N–H and O–H groups in total. The molecule has 0 radical (unpaired) electrons. The first kappa shape index (κ1) is 11.8. The fourth-order valence-electron chi connectivity index (χ4n) is 3.01. The maximum absolute atomic E-state index is 5.76. The lowest BCUT2D eigenvalue weighted by molar-refractivity contribution is 0.220. The van der Waals surface area contributed by atoms with E-state index in [1.165, 1.54) is 18.7 Å². The monoisotopic (exact) mass is 247 g/mol. The van der Waals surface area contributed by atoms with Gasteiger partial charge in [0.05, 0.1) is 0 Å². The third-order valence-corrected chi connectivity index (χ3v) is 3.92. The summed E-state index contributed by atoms with van der Waals surface area (Å²) in [5.74, 6) is 2.48. The topological polar surface area (TPSA) is 40.8 Å². The van der Waals surface area contributed by atoms with Gasteiger partial charge in [0.15, 0.2) is 0 Å². The highest BCUT2D eigenvalue weighted by Crippen LogP contribution is 2.33. The Morgan fingerprint density at radius 2 is 2.39 bits per heavy atom. The van der Waals surface area contributed by atoms with Crippen molar-refractivity contribution in [2.75, 3.05) is 19.6 Å². The van der Waals surface area contributed by atoms with E-state index >= 15 is 0 Å². The second kappa shape index (κ2) is 4.76. The van der Waals surface area contributed by atoms with Gasteiger partial charge >= 0.3 is 0 Å². The van der Waals surface area contributed by atoms with Crippen molar-refractivity contribution in [1.29, 1.82) is 0 Å². The van der Waals surface area contributed by atoms with Crippen molar-refractivity contribution in [3.63, 3.8) is 0 Å². The second-order valence-electron chi connectivity index (χ2n) is 5.32. The number of piperidine rings is 1. The number of likely N-dealkylation sites (tertiary alicyclic amines) is 1. The Kier molecular flexibility index (Phi) is 3.12. The Hall–Kier alpha value is -1.29. The Balaban J connectivity index is 1.75. The van der Waals surface area contributed by atoms with Crippen LogP contribution in [0.4, 0.5) is 0 Å². The van der Waals surface area contributed by atoms with Crippen LogP contribution >= 0.6 is 0 Å². The summed E-state index contributed by atoms with van der Waals surface area (Å²) in [6.45, 7) is 7.67. The molecular formula is C14H21N3O. The molecule has 1 aromatic rings. The molecule has 0 spiro atoms. The van der Waals surface area contributed by atoms with Gasteiger partial charge in [0.25, 0.3) is 0 Å². The van der Waals surface area contributed by atoms with Crippen LogP contribution in [0.3, 0.4) is 0 Å². The van der Waals surface area contributed by atoms with Gasteiger partial charge in [-0.1, -0.05) is 6.92 Å². The smallest absolute Gasteiger partial charge is 0.128 e. The molecule has 2 unspecified atom stereocenters. The van der Waals surface area contributed by atoms with E-state index in [2.05, 4.69) is 28.4 Å².